The third-order valence-electron chi connectivity index (χ3n) is 2.83. The van der Waals surface area contributed by atoms with Gasteiger partial charge in [-0.1, -0.05) is 27.5 Å². The van der Waals surface area contributed by atoms with Gasteiger partial charge in [-0.15, -0.1) is 0 Å². The fourth-order valence-electron chi connectivity index (χ4n) is 2.03. The zero-order valence-electron chi connectivity index (χ0n) is 10.4. The number of imidazole rings is 1. The summed E-state index contributed by atoms with van der Waals surface area (Å²) in [6.07, 6.45) is 0. The first kappa shape index (κ1) is 12.6. The average Bonchev–Trinajstić information content (AvgIpc) is 2.67. The van der Waals surface area contributed by atoms with Gasteiger partial charge in [0.15, 0.2) is 10.8 Å². The van der Waals surface area contributed by atoms with Crippen LogP contribution in [0.5, 0.6) is 0 Å². The second kappa shape index (κ2) is 4.58. The van der Waals surface area contributed by atoms with E-state index in [0.717, 1.165) is 21.6 Å². The van der Waals surface area contributed by atoms with Crippen LogP contribution in [0, 0.1) is 13.8 Å². The van der Waals surface area contributed by atoms with Crippen molar-refractivity contribution in [2.45, 2.75) is 13.8 Å². The van der Waals surface area contributed by atoms with Crippen LogP contribution in [0.25, 0.3) is 16.9 Å². The number of aromatic nitrogens is 4. The molecule has 19 heavy (non-hydrogen) atoms. The van der Waals surface area contributed by atoms with E-state index in [1.165, 1.54) is 0 Å². The molecule has 2 aromatic heterocycles. The molecule has 96 valence electrons. The summed E-state index contributed by atoms with van der Waals surface area (Å²) >= 11 is 9.55. The monoisotopic (exact) mass is 336 g/mol. The maximum absolute atomic E-state index is 6.13. The van der Waals surface area contributed by atoms with Crippen LogP contribution in [0.4, 0.5) is 0 Å². The van der Waals surface area contributed by atoms with E-state index in [4.69, 9.17) is 11.6 Å². The fourth-order valence-corrected chi connectivity index (χ4v) is 2.55. The Morgan fingerprint density at radius 1 is 1.05 bits per heavy atom. The lowest BCUT2D eigenvalue weighted by molar-refractivity contribution is 0.975. The number of benzene rings is 1. The van der Waals surface area contributed by atoms with Crippen LogP contribution in [0.15, 0.2) is 28.7 Å². The molecule has 0 radical (unpaired) electrons. The summed E-state index contributed by atoms with van der Waals surface area (Å²) in [5, 5.41) is 0.390. The molecule has 6 heteroatoms. The molecule has 0 spiro atoms. The van der Waals surface area contributed by atoms with Crippen LogP contribution in [-0.4, -0.2) is 19.5 Å². The van der Waals surface area contributed by atoms with Crippen molar-refractivity contribution >= 4 is 38.7 Å². The van der Waals surface area contributed by atoms with Gasteiger partial charge < -0.3 is 0 Å². The molecule has 3 aromatic rings. The Hall–Kier alpha value is -1.46. The van der Waals surface area contributed by atoms with Crippen LogP contribution in [-0.2, 0) is 0 Å². The second-order valence-electron chi connectivity index (χ2n) is 4.20. The van der Waals surface area contributed by atoms with Crippen LogP contribution in [0.3, 0.4) is 0 Å². The standard InChI is InChI=1S/C13H10BrClN4/c1-7-16-12(15)11-13(17-7)19(8(2)18-11)10-5-3-9(14)4-6-10/h3-6H,1-2H3. The minimum absolute atomic E-state index is 0.390. The Labute approximate surface area is 123 Å². The van der Waals surface area contributed by atoms with E-state index in [9.17, 15) is 0 Å². The zero-order valence-corrected chi connectivity index (χ0v) is 12.7. The van der Waals surface area contributed by atoms with Gasteiger partial charge in [0.2, 0.25) is 0 Å². The molecular formula is C13H10BrClN4. The highest BCUT2D eigenvalue weighted by molar-refractivity contribution is 9.10. The molecule has 0 aliphatic rings. The summed E-state index contributed by atoms with van der Waals surface area (Å²) in [7, 11) is 0. The Morgan fingerprint density at radius 3 is 2.42 bits per heavy atom. The summed E-state index contributed by atoms with van der Waals surface area (Å²) in [6.45, 7) is 3.75. The highest BCUT2D eigenvalue weighted by Gasteiger charge is 2.14. The molecule has 0 aliphatic carbocycles. The maximum atomic E-state index is 6.13. The zero-order chi connectivity index (χ0) is 13.6. The Bertz CT molecular complexity index is 764. The van der Waals surface area contributed by atoms with Crippen molar-refractivity contribution in [2.75, 3.05) is 0 Å². The lowest BCUT2D eigenvalue weighted by atomic mass is 10.3. The molecule has 0 saturated carbocycles. The van der Waals surface area contributed by atoms with Crippen molar-refractivity contribution in [1.29, 1.82) is 0 Å². The van der Waals surface area contributed by atoms with Crippen molar-refractivity contribution in [3.05, 3.63) is 45.5 Å². The SMILES string of the molecule is Cc1nc(Cl)c2nc(C)n(-c3ccc(Br)cc3)c2n1. The Morgan fingerprint density at radius 2 is 1.74 bits per heavy atom. The topological polar surface area (TPSA) is 43.6 Å². The number of rotatable bonds is 1. The first-order chi connectivity index (χ1) is 9.06. The van der Waals surface area contributed by atoms with Gasteiger partial charge in [-0.25, -0.2) is 15.0 Å². The third-order valence-corrected chi connectivity index (χ3v) is 3.62. The molecule has 0 bridgehead atoms. The minimum atomic E-state index is 0.390. The molecule has 4 nitrogen and oxygen atoms in total. The van der Waals surface area contributed by atoms with Crippen molar-refractivity contribution in [3.8, 4) is 5.69 Å². The van der Waals surface area contributed by atoms with Gasteiger partial charge in [0.25, 0.3) is 0 Å². The van der Waals surface area contributed by atoms with Gasteiger partial charge in [0.05, 0.1) is 0 Å². The minimum Gasteiger partial charge on any atom is -0.281 e. The van der Waals surface area contributed by atoms with Crippen molar-refractivity contribution < 1.29 is 0 Å². The third kappa shape index (κ3) is 2.13. The first-order valence-corrected chi connectivity index (χ1v) is 6.88. The molecular weight excluding hydrogens is 328 g/mol. The van der Waals surface area contributed by atoms with E-state index in [1.807, 2.05) is 42.7 Å². The summed E-state index contributed by atoms with van der Waals surface area (Å²) in [4.78, 5) is 13.0. The molecule has 0 saturated heterocycles. The Kier molecular flexibility index (Phi) is 3.03. The second-order valence-corrected chi connectivity index (χ2v) is 5.48. The maximum Gasteiger partial charge on any atom is 0.169 e. The van der Waals surface area contributed by atoms with Gasteiger partial charge in [0, 0.05) is 10.2 Å². The van der Waals surface area contributed by atoms with Gasteiger partial charge >= 0.3 is 0 Å². The molecule has 0 atom stereocenters. The summed E-state index contributed by atoms with van der Waals surface area (Å²) < 4.78 is 3.00. The van der Waals surface area contributed by atoms with E-state index in [0.29, 0.717) is 16.5 Å². The fraction of sp³-hybridized carbons (Fsp3) is 0.154. The predicted molar refractivity (Wildman–Crippen MR) is 78.8 cm³/mol. The van der Waals surface area contributed by atoms with E-state index in [-0.39, 0.29) is 0 Å². The van der Waals surface area contributed by atoms with Gasteiger partial charge in [-0.05, 0) is 38.1 Å². The van der Waals surface area contributed by atoms with Gasteiger partial charge in [-0.2, -0.15) is 0 Å². The van der Waals surface area contributed by atoms with Crippen LogP contribution >= 0.6 is 27.5 Å². The summed E-state index contributed by atoms with van der Waals surface area (Å²) in [5.74, 6) is 1.47. The number of nitrogens with zero attached hydrogens (tertiary/aromatic N) is 4. The van der Waals surface area contributed by atoms with Crippen molar-refractivity contribution in [1.82, 2.24) is 19.5 Å². The van der Waals surface area contributed by atoms with E-state index >= 15 is 0 Å². The van der Waals surface area contributed by atoms with E-state index < -0.39 is 0 Å². The highest BCUT2D eigenvalue weighted by atomic mass is 79.9. The molecule has 0 unspecified atom stereocenters. The number of halogens is 2. The molecule has 2 heterocycles. The van der Waals surface area contributed by atoms with Crippen molar-refractivity contribution in [2.24, 2.45) is 0 Å². The van der Waals surface area contributed by atoms with E-state index in [2.05, 4.69) is 30.9 Å². The quantitative estimate of drug-likeness (QED) is 0.634. The number of hydrogen-bond acceptors (Lipinski definition) is 3. The van der Waals surface area contributed by atoms with Gasteiger partial charge in [-0.3, -0.25) is 4.57 Å². The van der Waals surface area contributed by atoms with Crippen LogP contribution in [0.1, 0.15) is 11.6 Å². The highest BCUT2D eigenvalue weighted by Crippen LogP contribution is 2.25. The number of fused-ring (bicyclic) bond motifs is 1. The molecule has 0 aliphatic heterocycles. The summed E-state index contributed by atoms with van der Waals surface area (Å²) in [6, 6.07) is 7.97. The van der Waals surface area contributed by atoms with Crippen molar-refractivity contribution in [3.63, 3.8) is 0 Å². The average molecular weight is 338 g/mol. The van der Waals surface area contributed by atoms with E-state index in [1.54, 1.807) is 0 Å². The summed E-state index contributed by atoms with van der Waals surface area (Å²) in [5.41, 5.74) is 2.36. The molecule has 0 amide bonds. The lowest BCUT2D eigenvalue weighted by Crippen LogP contribution is -1.99. The largest absolute Gasteiger partial charge is 0.281 e. The van der Waals surface area contributed by atoms with Crippen LogP contribution < -0.4 is 0 Å². The number of hydrogen-bond donors (Lipinski definition) is 0. The number of aryl methyl sites for hydroxylation is 2. The molecule has 3 rings (SSSR count). The Balaban J connectivity index is 2.34. The first-order valence-electron chi connectivity index (χ1n) is 5.71. The predicted octanol–water partition coefficient (Wildman–Crippen LogP) is 3.85. The normalized spacial score (nSPS) is 11.2. The van der Waals surface area contributed by atoms with Gasteiger partial charge in [0.1, 0.15) is 17.2 Å². The lowest BCUT2D eigenvalue weighted by Gasteiger charge is -2.06. The molecule has 1 aromatic carbocycles. The smallest absolute Gasteiger partial charge is 0.169 e. The molecule has 0 N–H and O–H groups in total. The van der Waals surface area contributed by atoms with Crippen LogP contribution in [0.2, 0.25) is 5.15 Å². The molecule has 0 fully saturated rings.